The third-order valence-electron chi connectivity index (χ3n) is 3.92. The predicted molar refractivity (Wildman–Crippen MR) is 69.7 cm³/mol. The predicted octanol–water partition coefficient (Wildman–Crippen LogP) is 2.66. The van der Waals surface area contributed by atoms with Crippen LogP contribution in [0.2, 0.25) is 0 Å². The second-order valence-corrected chi connectivity index (χ2v) is 5.11. The number of amides is 1. The first-order valence-corrected chi connectivity index (χ1v) is 6.50. The maximum absolute atomic E-state index is 12.8. The lowest BCUT2D eigenvalue weighted by molar-refractivity contribution is -0.133. The molecule has 1 aromatic rings. The molecular weight excluding hydrogens is 243 g/mol. The van der Waals surface area contributed by atoms with E-state index in [1.165, 1.54) is 12.1 Å². The third kappa shape index (κ3) is 2.76. The molecule has 19 heavy (non-hydrogen) atoms. The highest BCUT2D eigenvalue weighted by atomic mass is 19.1. The van der Waals surface area contributed by atoms with Gasteiger partial charge >= 0.3 is 0 Å². The second kappa shape index (κ2) is 5.40. The van der Waals surface area contributed by atoms with Crippen LogP contribution >= 0.6 is 0 Å². The molecule has 0 heterocycles. The molecule has 0 bridgehead atoms. The Kier molecular flexibility index (Phi) is 3.84. The monoisotopic (exact) mass is 260 g/mol. The Morgan fingerprint density at radius 2 is 1.95 bits per heavy atom. The molecule has 0 radical (unpaired) electrons. The van der Waals surface area contributed by atoms with Gasteiger partial charge in [0.1, 0.15) is 11.4 Å². The highest BCUT2D eigenvalue weighted by molar-refractivity contribution is 5.79. The molecule has 0 aliphatic heterocycles. The van der Waals surface area contributed by atoms with Gasteiger partial charge in [-0.15, -0.1) is 0 Å². The van der Waals surface area contributed by atoms with Crippen LogP contribution in [-0.2, 0) is 11.2 Å². The van der Waals surface area contributed by atoms with Crippen molar-refractivity contribution in [2.24, 2.45) is 0 Å². The fourth-order valence-corrected chi connectivity index (χ4v) is 2.62. The Morgan fingerprint density at radius 1 is 1.37 bits per heavy atom. The maximum atomic E-state index is 12.8. The van der Waals surface area contributed by atoms with E-state index >= 15 is 0 Å². The van der Waals surface area contributed by atoms with Gasteiger partial charge in [-0.3, -0.25) is 4.79 Å². The van der Waals surface area contributed by atoms with Crippen LogP contribution in [0.3, 0.4) is 0 Å². The average molecular weight is 260 g/mol. The summed E-state index contributed by atoms with van der Waals surface area (Å²) in [4.78, 5) is 13.8. The molecule has 1 fully saturated rings. The molecule has 2 rings (SSSR count). The van der Waals surface area contributed by atoms with Crippen molar-refractivity contribution in [3.8, 4) is 6.07 Å². The van der Waals surface area contributed by atoms with Crippen molar-refractivity contribution >= 4 is 5.91 Å². The summed E-state index contributed by atoms with van der Waals surface area (Å²) in [7, 11) is 1.69. The third-order valence-corrected chi connectivity index (χ3v) is 3.92. The van der Waals surface area contributed by atoms with Gasteiger partial charge in [0, 0.05) is 7.05 Å². The number of benzene rings is 1. The van der Waals surface area contributed by atoms with Gasteiger partial charge in [0.2, 0.25) is 5.91 Å². The summed E-state index contributed by atoms with van der Waals surface area (Å²) < 4.78 is 12.8. The summed E-state index contributed by atoms with van der Waals surface area (Å²) in [6.45, 7) is 0. The minimum atomic E-state index is -0.642. The summed E-state index contributed by atoms with van der Waals surface area (Å²) in [6, 6.07) is 8.20. The number of hydrogen-bond acceptors (Lipinski definition) is 2. The number of nitriles is 1. The van der Waals surface area contributed by atoms with E-state index in [1.807, 2.05) is 0 Å². The van der Waals surface area contributed by atoms with Crippen LogP contribution in [0.4, 0.5) is 4.39 Å². The highest BCUT2D eigenvalue weighted by Crippen LogP contribution is 2.34. The molecule has 1 saturated carbocycles. The summed E-state index contributed by atoms with van der Waals surface area (Å²) >= 11 is 0. The van der Waals surface area contributed by atoms with Gasteiger partial charge in [0.25, 0.3) is 0 Å². The Balaban J connectivity index is 2.07. The Hall–Kier alpha value is -1.89. The van der Waals surface area contributed by atoms with Gasteiger partial charge in [-0.05, 0) is 43.4 Å². The normalized spacial score (nSPS) is 16.9. The van der Waals surface area contributed by atoms with Gasteiger partial charge in [0.05, 0.1) is 12.5 Å². The fraction of sp³-hybridized carbons (Fsp3) is 0.467. The molecule has 0 saturated heterocycles. The fourth-order valence-electron chi connectivity index (χ4n) is 2.62. The van der Waals surface area contributed by atoms with Crippen molar-refractivity contribution in [2.45, 2.75) is 37.6 Å². The zero-order valence-electron chi connectivity index (χ0n) is 11.0. The lowest BCUT2D eigenvalue weighted by Gasteiger charge is -2.32. The number of carbonyl (C=O) groups excluding carboxylic acids is 1. The minimum absolute atomic E-state index is 0.0879. The molecule has 100 valence electrons. The number of hydrogen-bond donors (Lipinski definition) is 0. The molecule has 0 spiro atoms. The van der Waals surface area contributed by atoms with Gasteiger partial charge in [-0.1, -0.05) is 12.1 Å². The highest BCUT2D eigenvalue weighted by Gasteiger charge is 2.40. The van der Waals surface area contributed by atoms with Crippen LogP contribution in [0.15, 0.2) is 24.3 Å². The molecule has 1 amide bonds. The standard InChI is InChI=1S/C15H17FN2O/c1-18(15(11-17)8-2-3-9-15)14(19)10-12-4-6-13(16)7-5-12/h4-7H,2-3,8-10H2,1H3. The summed E-state index contributed by atoms with van der Waals surface area (Å²) in [5, 5.41) is 9.34. The smallest absolute Gasteiger partial charge is 0.228 e. The Labute approximate surface area is 112 Å². The Morgan fingerprint density at radius 3 is 2.47 bits per heavy atom. The van der Waals surface area contributed by atoms with Crippen molar-refractivity contribution in [1.82, 2.24) is 4.90 Å². The van der Waals surface area contributed by atoms with Gasteiger partial charge in [-0.2, -0.15) is 5.26 Å². The van der Waals surface area contributed by atoms with Crippen LogP contribution in [-0.4, -0.2) is 23.4 Å². The molecule has 0 unspecified atom stereocenters. The molecule has 1 aliphatic carbocycles. The topological polar surface area (TPSA) is 44.1 Å². The quantitative estimate of drug-likeness (QED) is 0.838. The lowest BCUT2D eigenvalue weighted by Crippen LogP contribution is -2.47. The summed E-state index contributed by atoms with van der Waals surface area (Å²) in [6.07, 6.45) is 3.67. The number of rotatable bonds is 3. The number of nitrogens with zero attached hydrogens (tertiary/aromatic N) is 2. The van der Waals surface area contributed by atoms with E-state index in [1.54, 1.807) is 24.1 Å². The van der Waals surface area contributed by atoms with Crippen LogP contribution in [0.5, 0.6) is 0 Å². The van der Waals surface area contributed by atoms with Crippen molar-refractivity contribution in [2.75, 3.05) is 7.05 Å². The zero-order valence-corrected chi connectivity index (χ0v) is 11.0. The summed E-state index contributed by atoms with van der Waals surface area (Å²) in [5.74, 6) is -0.399. The number of carbonyl (C=O) groups is 1. The largest absolute Gasteiger partial charge is 0.327 e. The number of likely N-dealkylation sites (N-methyl/N-ethyl adjacent to an activating group) is 1. The first kappa shape index (κ1) is 13.5. The zero-order chi connectivity index (χ0) is 13.9. The van der Waals surface area contributed by atoms with Gasteiger partial charge < -0.3 is 4.90 Å². The number of halogens is 1. The Bertz CT molecular complexity index is 498. The first-order chi connectivity index (χ1) is 9.07. The SMILES string of the molecule is CN(C(=O)Cc1ccc(F)cc1)C1(C#N)CCCC1. The van der Waals surface area contributed by atoms with Crippen molar-refractivity contribution < 1.29 is 9.18 Å². The second-order valence-electron chi connectivity index (χ2n) is 5.11. The molecule has 1 aliphatic rings. The van der Waals surface area contributed by atoms with Gasteiger partial charge in [0.15, 0.2) is 0 Å². The first-order valence-electron chi connectivity index (χ1n) is 6.50. The molecule has 1 aromatic carbocycles. The van der Waals surface area contributed by atoms with E-state index in [0.29, 0.717) is 0 Å². The molecular formula is C15H17FN2O. The van der Waals surface area contributed by atoms with Crippen LogP contribution in [0, 0.1) is 17.1 Å². The van der Waals surface area contributed by atoms with E-state index < -0.39 is 5.54 Å². The van der Waals surface area contributed by atoms with E-state index in [2.05, 4.69) is 6.07 Å². The minimum Gasteiger partial charge on any atom is -0.327 e. The van der Waals surface area contributed by atoms with E-state index in [0.717, 1.165) is 31.2 Å². The van der Waals surface area contributed by atoms with Crippen LogP contribution in [0.25, 0.3) is 0 Å². The maximum Gasteiger partial charge on any atom is 0.228 e. The van der Waals surface area contributed by atoms with E-state index in [4.69, 9.17) is 0 Å². The molecule has 3 nitrogen and oxygen atoms in total. The summed E-state index contributed by atoms with van der Waals surface area (Å²) in [5.41, 5.74) is 0.126. The van der Waals surface area contributed by atoms with E-state index in [9.17, 15) is 14.4 Å². The molecule has 0 aromatic heterocycles. The van der Waals surface area contributed by atoms with E-state index in [-0.39, 0.29) is 18.1 Å². The molecule has 4 heteroatoms. The van der Waals surface area contributed by atoms with Crippen molar-refractivity contribution in [3.05, 3.63) is 35.6 Å². The molecule has 0 atom stereocenters. The van der Waals surface area contributed by atoms with Crippen molar-refractivity contribution in [1.29, 1.82) is 5.26 Å². The lowest BCUT2D eigenvalue weighted by atomic mass is 9.97. The van der Waals surface area contributed by atoms with Gasteiger partial charge in [-0.25, -0.2) is 4.39 Å². The molecule has 0 N–H and O–H groups in total. The van der Waals surface area contributed by atoms with Crippen molar-refractivity contribution in [3.63, 3.8) is 0 Å². The van der Waals surface area contributed by atoms with Crippen LogP contribution < -0.4 is 0 Å². The van der Waals surface area contributed by atoms with Crippen LogP contribution in [0.1, 0.15) is 31.2 Å². The average Bonchev–Trinajstić information content (AvgIpc) is 2.90.